The van der Waals surface area contributed by atoms with Gasteiger partial charge in [0, 0.05) is 24.8 Å². The van der Waals surface area contributed by atoms with Crippen LogP contribution in [0, 0.1) is 5.92 Å². The number of carbonyl (C=O) groups is 1. The van der Waals surface area contributed by atoms with E-state index in [2.05, 4.69) is 15.9 Å². The summed E-state index contributed by atoms with van der Waals surface area (Å²) >= 11 is 3.50. The normalized spacial score (nSPS) is 17.4. The van der Waals surface area contributed by atoms with Gasteiger partial charge >= 0.3 is 0 Å². The second-order valence-electron chi connectivity index (χ2n) is 4.51. The minimum absolute atomic E-state index is 0.0396. The van der Waals surface area contributed by atoms with Crippen molar-refractivity contribution in [1.82, 2.24) is 4.90 Å². The van der Waals surface area contributed by atoms with E-state index >= 15 is 0 Å². The molecule has 3 nitrogen and oxygen atoms in total. The third kappa shape index (κ3) is 2.92. The van der Waals surface area contributed by atoms with Crippen LogP contribution in [0.15, 0.2) is 16.5 Å². The molecule has 17 heavy (non-hydrogen) atoms. The zero-order valence-electron chi connectivity index (χ0n) is 10.1. The van der Waals surface area contributed by atoms with Gasteiger partial charge in [0.1, 0.15) is 5.76 Å². The molecule has 1 saturated heterocycles. The number of amides is 1. The van der Waals surface area contributed by atoms with Gasteiger partial charge in [-0.15, -0.1) is 0 Å². The van der Waals surface area contributed by atoms with Crippen molar-refractivity contribution < 1.29 is 9.21 Å². The summed E-state index contributed by atoms with van der Waals surface area (Å²) in [6, 6.07) is 3.68. The van der Waals surface area contributed by atoms with Gasteiger partial charge in [0.2, 0.25) is 0 Å². The lowest BCUT2D eigenvalue weighted by Crippen LogP contribution is -2.38. The molecular formula is C13H18BrNO2. The van der Waals surface area contributed by atoms with Crippen LogP contribution in [0.4, 0.5) is 0 Å². The minimum atomic E-state index is 0.0396. The molecule has 1 aromatic heterocycles. The molecule has 1 aliphatic rings. The van der Waals surface area contributed by atoms with E-state index in [-0.39, 0.29) is 5.91 Å². The van der Waals surface area contributed by atoms with Gasteiger partial charge in [-0.05, 0) is 30.9 Å². The van der Waals surface area contributed by atoms with Gasteiger partial charge in [-0.3, -0.25) is 4.79 Å². The van der Waals surface area contributed by atoms with E-state index < -0.39 is 0 Å². The Bertz CT molecular complexity index is 381. The number of likely N-dealkylation sites (tertiary alicyclic amines) is 1. The Balaban J connectivity index is 1.96. The average molecular weight is 300 g/mol. The van der Waals surface area contributed by atoms with Crippen LogP contribution in [0.2, 0.25) is 0 Å². The molecule has 1 fully saturated rings. The zero-order chi connectivity index (χ0) is 12.3. The number of piperidine rings is 1. The number of nitrogens with zero attached hydrogens (tertiary/aromatic N) is 1. The quantitative estimate of drug-likeness (QED) is 0.804. The van der Waals surface area contributed by atoms with Crippen LogP contribution < -0.4 is 0 Å². The summed E-state index contributed by atoms with van der Waals surface area (Å²) in [5, 5.41) is 1.04. The first-order chi connectivity index (χ1) is 8.24. The van der Waals surface area contributed by atoms with Crippen molar-refractivity contribution in [3.63, 3.8) is 0 Å². The number of rotatable bonds is 3. The van der Waals surface area contributed by atoms with Crippen molar-refractivity contribution in [2.75, 3.05) is 18.4 Å². The summed E-state index contributed by atoms with van der Waals surface area (Å²) < 4.78 is 5.50. The highest BCUT2D eigenvalue weighted by Crippen LogP contribution is 2.21. The Hall–Kier alpha value is -0.770. The predicted molar refractivity (Wildman–Crippen MR) is 70.5 cm³/mol. The Labute approximate surface area is 110 Å². The van der Waals surface area contributed by atoms with Gasteiger partial charge in [-0.25, -0.2) is 0 Å². The summed E-state index contributed by atoms with van der Waals surface area (Å²) in [4.78, 5) is 14.0. The first-order valence-corrected chi connectivity index (χ1v) is 7.30. The number of furan rings is 1. The van der Waals surface area contributed by atoms with Crippen LogP contribution >= 0.6 is 15.9 Å². The lowest BCUT2D eigenvalue weighted by Gasteiger charge is -2.30. The molecule has 0 bridgehead atoms. The van der Waals surface area contributed by atoms with Crippen molar-refractivity contribution in [2.45, 2.75) is 26.2 Å². The monoisotopic (exact) mass is 299 g/mol. The molecule has 2 rings (SSSR count). The smallest absolute Gasteiger partial charge is 0.289 e. The lowest BCUT2D eigenvalue weighted by atomic mass is 9.99. The van der Waals surface area contributed by atoms with Crippen LogP contribution in [0.3, 0.4) is 0 Å². The highest BCUT2D eigenvalue weighted by Gasteiger charge is 2.24. The van der Waals surface area contributed by atoms with Gasteiger partial charge in [0.25, 0.3) is 5.91 Å². The number of aryl methyl sites for hydroxylation is 1. The number of halogens is 1. The number of alkyl halides is 1. The fourth-order valence-electron chi connectivity index (χ4n) is 2.13. The van der Waals surface area contributed by atoms with Gasteiger partial charge in [-0.1, -0.05) is 22.9 Å². The SMILES string of the molecule is CCc1ccc(C(=O)N2CCC(CBr)CC2)o1. The van der Waals surface area contributed by atoms with E-state index in [4.69, 9.17) is 4.42 Å². The standard InChI is InChI=1S/C13H18BrNO2/c1-2-11-3-4-12(17-11)13(16)15-7-5-10(9-14)6-8-15/h3-4,10H,2,5-9H2,1H3. The third-order valence-corrected chi connectivity index (χ3v) is 4.26. The Morgan fingerprint density at radius 3 is 2.71 bits per heavy atom. The van der Waals surface area contributed by atoms with Gasteiger partial charge in [-0.2, -0.15) is 0 Å². The highest BCUT2D eigenvalue weighted by atomic mass is 79.9. The second-order valence-corrected chi connectivity index (χ2v) is 5.16. The molecule has 0 unspecified atom stereocenters. The van der Waals surface area contributed by atoms with Crippen molar-refractivity contribution in [3.05, 3.63) is 23.7 Å². The van der Waals surface area contributed by atoms with Crippen LogP contribution in [-0.2, 0) is 6.42 Å². The second kappa shape index (κ2) is 5.71. The Kier molecular flexibility index (Phi) is 4.26. The van der Waals surface area contributed by atoms with Crippen molar-refractivity contribution >= 4 is 21.8 Å². The summed E-state index contributed by atoms with van der Waals surface area (Å²) in [5.74, 6) is 2.11. The molecule has 0 atom stereocenters. The van der Waals surface area contributed by atoms with Gasteiger partial charge < -0.3 is 9.32 Å². The molecule has 94 valence electrons. The molecule has 4 heteroatoms. The van der Waals surface area contributed by atoms with E-state index in [0.29, 0.717) is 11.7 Å². The summed E-state index contributed by atoms with van der Waals surface area (Å²) in [5.41, 5.74) is 0. The number of hydrogen-bond acceptors (Lipinski definition) is 2. The fraction of sp³-hybridized carbons (Fsp3) is 0.615. The molecule has 0 N–H and O–H groups in total. The van der Waals surface area contributed by atoms with Crippen LogP contribution in [-0.4, -0.2) is 29.2 Å². The largest absolute Gasteiger partial charge is 0.456 e. The molecule has 0 saturated carbocycles. The van der Waals surface area contributed by atoms with E-state index in [1.54, 1.807) is 6.07 Å². The molecular weight excluding hydrogens is 282 g/mol. The predicted octanol–water partition coefficient (Wildman–Crippen LogP) is 3.09. The third-order valence-electron chi connectivity index (χ3n) is 3.34. The first-order valence-electron chi connectivity index (χ1n) is 6.18. The molecule has 2 heterocycles. The van der Waals surface area contributed by atoms with Crippen molar-refractivity contribution in [3.8, 4) is 0 Å². The maximum absolute atomic E-state index is 12.1. The Morgan fingerprint density at radius 2 is 2.18 bits per heavy atom. The van der Waals surface area contributed by atoms with Crippen LogP contribution in [0.25, 0.3) is 0 Å². The maximum Gasteiger partial charge on any atom is 0.289 e. The average Bonchev–Trinajstić information content (AvgIpc) is 2.87. The van der Waals surface area contributed by atoms with E-state index in [0.717, 1.165) is 43.4 Å². The van der Waals surface area contributed by atoms with E-state index in [9.17, 15) is 4.79 Å². The summed E-state index contributed by atoms with van der Waals surface area (Å²) in [6.07, 6.45) is 3.00. The molecule has 0 aliphatic carbocycles. The van der Waals surface area contributed by atoms with Crippen LogP contribution in [0.1, 0.15) is 36.1 Å². The zero-order valence-corrected chi connectivity index (χ0v) is 11.7. The molecule has 0 spiro atoms. The van der Waals surface area contributed by atoms with Crippen molar-refractivity contribution in [2.24, 2.45) is 5.92 Å². The summed E-state index contributed by atoms with van der Waals surface area (Å²) in [6.45, 7) is 3.71. The molecule has 1 amide bonds. The molecule has 0 radical (unpaired) electrons. The van der Waals surface area contributed by atoms with E-state index in [1.807, 2.05) is 17.9 Å². The molecule has 0 aromatic carbocycles. The first kappa shape index (κ1) is 12.7. The molecule has 1 aliphatic heterocycles. The topological polar surface area (TPSA) is 33.5 Å². The molecule has 1 aromatic rings. The lowest BCUT2D eigenvalue weighted by molar-refractivity contribution is 0.0665. The number of carbonyl (C=O) groups excluding carboxylic acids is 1. The maximum atomic E-state index is 12.1. The fourth-order valence-corrected chi connectivity index (χ4v) is 2.78. The number of hydrogen-bond donors (Lipinski definition) is 0. The minimum Gasteiger partial charge on any atom is -0.456 e. The summed E-state index contributed by atoms with van der Waals surface area (Å²) in [7, 11) is 0. The Morgan fingerprint density at radius 1 is 1.47 bits per heavy atom. The van der Waals surface area contributed by atoms with E-state index in [1.165, 1.54) is 0 Å². The van der Waals surface area contributed by atoms with Crippen LogP contribution in [0.5, 0.6) is 0 Å². The van der Waals surface area contributed by atoms with Gasteiger partial charge in [0.05, 0.1) is 0 Å². The highest BCUT2D eigenvalue weighted by molar-refractivity contribution is 9.09. The van der Waals surface area contributed by atoms with Crippen molar-refractivity contribution in [1.29, 1.82) is 0 Å². The van der Waals surface area contributed by atoms with Gasteiger partial charge in [0.15, 0.2) is 5.76 Å².